The zero-order valence-corrected chi connectivity index (χ0v) is 11.9. The smallest absolute Gasteiger partial charge is 0.323 e. The fourth-order valence-electron chi connectivity index (χ4n) is 1.91. The van der Waals surface area contributed by atoms with Crippen molar-refractivity contribution < 1.29 is 23.7 Å². The molecule has 2 unspecified atom stereocenters. The molecule has 1 fully saturated rings. The van der Waals surface area contributed by atoms with Crippen LogP contribution in [-0.2, 0) is 23.7 Å². The van der Waals surface area contributed by atoms with E-state index in [9.17, 15) is 4.79 Å². The Kier molecular flexibility index (Phi) is 8.73. The number of esters is 1. The normalized spacial score (nSPS) is 22.6. The van der Waals surface area contributed by atoms with Crippen LogP contribution in [0.15, 0.2) is 0 Å². The van der Waals surface area contributed by atoms with Gasteiger partial charge in [-0.1, -0.05) is 6.92 Å². The molecule has 1 aliphatic rings. The molecule has 6 nitrogen and oxygen atoms in total. The van der Waals surface area contributed by atoms with Crippen molar-refractivity contribution in [3.8, 4) is 0 Å². The maximum atomic E-state index is 11.7. The highest BCUT2D eigenvalue weighted by Crippen LogP contribution is 2.15. The highest BCUT2D eigenvalue weighted by Gasteiger charge is 2.30. The van der Waals surface area contributed by atoms with Crippen molar-refractivity contribution >= 4 is 5.97 Å². The Morgan fingerprint density at radius 1 is 1.11 bits per heavy atom. The van der Waals surface area contributed by atoms with Crippen molar-refractivity contribution in [1.29, 1.82) is 0 Å². The monoisotopic (exact) mass is 275 g/mol. The zero-order valence-electron chi connectivity index (χ0n) is 11.9. The first kappa shape index (κ1) is 16.4. The summed E-state index contributed by atoms with van der Waals surface area (Å²) in [6.07, 6.45) is 1.02. The summed E-state index contributed by atoms with van der Waals surface area (Å²) < 4.78 is 20.5. The van der Waals surface area contributed by atoms with Crippen LogP contribution in [0.2, 0.25) is 0 Å². The molecule has 1 rings (SSSR count). The second-order valence-corrected chi connectivity index (χ2v) is 4.58. The molecule has 19 heavy (non-hydrogen) atoms. The maximum absolute atomic E-state index is 11.7. The molecule has 2 atom stereocenters. The second kappa shape index (κ2) is 10.1. The van der Waals surface area contributed by atoms with Crippen LogP contribution in [0.3, 0.4) is 0 Å². The molecule has 0 aromatic carbocycles. The van der Waals surface area contributed by atoms with Crippen LogP contribution in [0, 0.1) is 5.92 Å². The number of carbonyl (C=O) groups is 1. The lowest BCUT2D eigenvalue weighted by atomic mass is 10.0. The topological polar surface area (TPSA) is 66.0 Å². The molecule has 1 aliphatic heterocycles. The molecular formula is C13H25NO5. The molecule has 0 radical (unpaired) electrons. The number of hydrogen-bond acceptors (Lipinski definition) is 6. The van der Waals surface area contributed by atoms with E-state index in [1.54, 1.807) is 7.11 Å². The Morgan fingerprint density at radius 2 is 1.74 bits per heavy atom. The van der Waals surface area contributed by atoms with Gasteiger partial charge in [-0.3, -0.25) is 4.79 Å². The lowest BCUT2D eigenvalue weighted by Crippen LogP contribution is -2.36. The van der Waals surface area contributed by atoms with E-state index in [-0.39, 0.29) is 12.0 Å². The van der Waals surface area contributed by atoms with Crippen LogP contribution in [0.25, 0.3) is 0 Å². The predicted octanol–water partition coefficient (Wildman–Crippen LogP) is 0.207. The highest BCUT2D eigenvalue weighted by atomic mass is 16.6. The first-order valence-electron chi connectivity index (χ1n) is 6.80. The van der Waals surface area contributed by atoms with E-state index >= 15 is 0 Å². The van der Waals surface area contributed by atoms with Crippen molar-refractivity contribution in [1.82, 2.24) is 5.32 Å². The molecule has 0 amide bonds. The lowest BCUT2D eigenvalue weighted by Gasteiger charge is -2.14. The van der Waals surface area contributed by atoms with Gasteiger partial charge in [0.25, 0.3) is 0 Å². The molecule has 1 saturated heterocycles. The SMILES string of the molecule is COCCOCCOCCOC(=O)C1NCCC1C. The highest BCUT2D eigenvalue weighted by molar-refractivity contribution is 5.76. The van der Waals surface area contributed by atoms with Gasteiger partial charge < -0.3 is 24.3 Å². The van der Waals surface area contributed by atoms with E-state index in [1.165, 1.54) is 0 Å². The Morgan fingerprint density at radius 3 is 2.32 bits per heavy atom. The minimum Gasteiger partial charge on any atom is -0.462 e. The summed E-state index contributed by atoms with van der Waals surface area (Å²) in [6, 6.07) is -0.155. The molecule has 1 heterocycles. The molecule has 0 aromatic heterocycles. The number of methoxy groups -OCH3 is 1. The van der Waals surface area contributed by atoms with Crippen LogP contribution < -0.4 is 5.32 Å². The fraction of sp³-hybridized carbons (Fsp3) is 0.923. The van der Waals surface area contributed by atoms with Crippen molar-refractivity contribution in [2.45, 2.75) is 19.4 Å². The van der Waals surface area contributed by atoms with Gasteiger partial charge in [0.2, 0.25) is 0 Å². The standard InChI is InChI=1S/C13H25NO5/c1-11-3-4-14-12(11)13(15)19-10-9-18-8-7-17-6-5-16-2/h11-12,14H,3-10H2,1-2H3. The van der Waals surface area contributed by atoms with Gasteiger partial charge in [0.15, 0.2) is 0 Å². The minimum absolute atomic E-state index is 0.155. The molecule has 0 spiro atoms. The first-order valence-corrected chi connectivity index (χ1v) is 6.80. The van der Waals surface area contributed by atoms with Gasteiger partial charge in [0.1, 0.15) is 12.6 Å². The van der Waals surface area contributed by atoms with Gasteiger partial charge in [-0.05, 0) is 18.9 Å². The van der Waals surface area contributed by atoms with Crippen LogP contribution in [-0.4, -0.2) is 65.3 Å². The predicted molar refractivity (Wildman–Crippen MR) is 70.0 cm³/mol. The molecule has 0 aromatic rings. The van der Waals surface area contributed by atoms with Crippen LogP contribution >= 0.6 is 0 Å². The van der Waals surface area contributed by atoms with Crippen LogP contribution in [0.4, 0.5) is 0 Å². The summed E-state index contributed by atoms with van der Waals surface area (Å²) in [5, 5.41) is 3.14. The Balaban J connectivity index is 1.89. The van der Waals surface area contributed by atoms with Crippen LogP contribution in [0.5, 0.6) is 0 Å². The summed E-state index contributed by atoms with van der Waals surface area (Å²) in [5.41, 5.74) is 0. The largest absolute Gasteiger partial charge is 0.462 e. The Bertz CT molecular complexity index is 249. The number of carbonyl (C=O) groups excluding carboxylic acids is 1. The minimum atomic E-state index is -0.176. The van der Waals surface area contributed by atoms with E-state index in [0.29, 0.717) is 45.6 Å². The van der Waals surface area contributed by atoms with Gasteiger partial charge in [0, 0.05) is 7.11 Å². The third-order valence-electron chi connectivity index (χ3n) is 3.06. The quantitative estimate of drug-likeness (QED) is 0.454. The number of hydrogen-bond donors (Lipinski definition) is 1. The number of nitrogens with one attached hydrogen (secondary N) is 1. The molecule has 0 saturated carbocycles. The summed E-state index contributed by atoms with van der Waals surface area (Å²) in [7, 11) is 1.63. The number of ether oxygens (including phenoxy) is 4. The van der Waals surface area contributed by atoms with E-state index in [0.717, 1.165) is 13.0 Å². The van der Waals surface area contributed by atoms with Crippen LogP contribution in [0.1, 0.15) is 13.3 Å². The maximum Gasteiger partial charge on any atom is 0.323 e. The van der Waals surface area contributed by atoms with Gasteiger partial charge in [-0.2, -0.15) is 0 Å². The average molecular weight is 275 g/mol. The van der Waals surface area contributed by atoms with Crippen molar-refractivity contribution in [3.05, 3.63) is 0 Å². The average Bonchev–Trinajstić information content (AvgIpc) is 2.83. The molecule has 112 valence electrons. The van der Waals surface area contributed by atoms with E-state index in [2.05, 4.69) is 12.2 Å². The van der Waals surface area contributed by atoms with Crippen molar-refractivity contribution in [2.75, 3.05) is 53.3 Å². The summed E-state index contributed by atoms with van der Waals surface area (Å²) >= 11 is 0. The molecule has 0 aliphatic carbocycles. The zero-order chi connectivity index (χ0) is 13.9. The fourth-order valence-corrected chi connectivity index (χ4v) is 1.91. The first-order chi connectivity index (χ1) is 9.25. The van der Waals surface area contributed by atoms with Gasteiger partial charge in [-0.15, -0.1) is 0 Å². The Hall–Kier alpha value is -0.690. The van der Waals surface area contributed by atoms with Gasteiger partial charge >= 0.3 is 5.97 Å². The summed E-state index contributed by atoms with van der Waals surface area (Å²) in [5.74, 6) is 0.174. The molecular weight excluding hydrogens is 250 g/mol. The van der Waals surface area contributed by atoms with Gasteiger partial charge in [-0.25, -0.2) is 0 Å². The lowest BCUT2D eigenvalue weighted by molar-refractivity contribution is -0.148. The molecule has 6 heteroatoms. The second-order valence-electron chi connectivity index (χ2n) is 4.58. The van der Waals surface area contributed by atoms with Gasteiger partial charge in [0.05, 0.1) is 33.0 Å². The third-order valence-corrected chi connectivity index (χ3v) is 3.06. The van der Waals surface area contributed by atoms with Crippen molar-refractivity contribution in [3.63, 3.8) is 0 Å². The molecule has 0 bridgehead atoms. The molecule has 1 N–H and O–H groups in total. The Labute approximate surface area is 114 Å². The summed E-state index contributed by atoms with van der Waals surface area (Å²) in [4.78, 5) is 11.7. The number of rotatable bonds is 10. The third kappa shape index (κ3) is 6.87. The van der Waals surface area contributed by atoms with E-state index in [1.807, 2.05) is 0 Å². The summed E-state index contributed by atoms with van der Waals surface area (Å²) in [6.45, 7) is 5.82. The van der Waals surface area contributed by atoms with E-state index in [4.69, 9.17) is 18.9 Å². The van der Waals surface area contributed by atoms with E-state index < -0.39 is 0 Å². The van der Waals surface area contributed by atoms with Crippen molar-refractivity contribution in [2.24, 2.45) is 5.92 Å².